The zero-order valence-corrected chi connectivity index (χ0v) is 18.0. The fraction of sp³-hybridized carbons (Fsp3) is 0.222. The molecule has 2 aromatic carbocycles. The summed E-state index contributed by atoms with van der Waals surface area (Å²) in [5, 5.41) is 3.14. The van der Waals surface area contributed by atoms with Gasteiger partial charge in [-0.15, -0.1) is 13.2 Å². The van der Waals surface area contributed by atoms with E-state index in [0.29, 0.717) is 22.3 Å². The first-order valence-electron chi connectivity index (χ1n) is 9.03. The summed E-state index contributed by atoms with van der Waals surface area (Å²) < 4.78 is 105. The first-order chi connectivity index (χ1) is 15.3. The number of imidazole rings is 1. The van der Waals surface area contributed by atoms with Crippen molar-refractivity contribution in [2.24, 2.45) is 0 Å². The lowest BCUT2D eigenvalue weighted by Gasteiger charge is -2.08. The number of halogens is 6. The number of nitrogens with zero attached hydrogens (tertiary/aromatic N) is 3. The molecule has 33 heavy (non-hydrogen) atoms. The third-order valence-electron chi connectivity index (χ3n) is 4.46. The molecule has 0 unspecified atom stereocenters. The Morgan fingerprint density at radius 2 is 1.76 bits per heavy atom. The van der Waals surface area contributed by atoms with Crippen molar-refractivity contribution < 1.29 is 39.5 Å². The van der Waals surface area contributed by atoms with Crippen molar-refractivity contribution >= 4 is 53.5 Å². The molecule has 0 amide bonds. The van der Waals surface area contributed by atoms with Crippen LogP contribution in [0.5, 0.6) is 5.75 Å². The highest BCUT2D eigenvalue weighted by atomic mass is 32.2. The van der Waals surface area contributed by atoms with Crippen LogP contribution >= 0.6 is 11.3 Å². The second-order valence-corrected chi connectivity index (χ2v) is 9.57. The number of thiazole rings is 1. The minimum Gasteiger partial charge on any atom is -0.406 e. The van der Waals surface area contributed by atoms with Gasteiger partial charge in [-0.3, -0.25) is 0 Å². The van der Waals surface area contributed by atoms with E-state index in [1.165, 1.54) is 18.2 Å². The van der Waals surface area contributed by atoms with Crippen LogP contribution in [-0.4, -0.2) is 34.8 Å². The summed E-state index contributed by atoms with van der Waals surface area (Å²) in [6, 6.07) is 6.52. The van der Waals surface area contributed by atoms with Crippen LogP contribution in [0.2, 0.25) is 0 Å². The molecule has 2 heterocycles. The molecule has 0 atom stereocenters. The number of alkyl halides is 6. The monoisotopic (exact) mass is 510 g/mol. The van der Waals surface area contributed by atoms with Crippen LogP contribution in [0.1, 0.15) is 6.92 Å². The van der Waals surface area contributed by atoms with Gasteiger partial charge in [0.2, 0.25) is 5.95 Å². The second kappa shape index (κ2) is 7.76. The van der Waals surface area contributed by atoms with Gasteiger partial charge in [-0.1, -0.05) is 11.3 Å². The van der Waals surface area contributed by atoms with Gasteiger partial charge < -0.3 is 14.6 Å². The number of anilines is 2. The molecule has 0 aliphatic rings. The predicted octanol–water partition coefficient (Wildman–Crippen LogP) is 5.60. The van der Waals surface area contributed by atoms with E-state index in [0.717, 1.165) is 29.5 Å². The topological polar surface area (TPSA) is 86.1 Å². The van der Waals surface area contributed by atoms with Gasteiger partial charge in [0.05, 0.1) is 26.1 Å². The number of hydrogen-bond acceptors (Lipinski definition) is 7. The predicted molar refractivity (Wildman–Crippen MR) is 108 cm³/mol. The van der Waals surface area contributed by atoms with E-state index in [1.807, 2.05) is 0 Å². The number of rotatable bonds is 5. The fourth-order valence-corrected chi connectivity index (χ4v) is 4.75. The average Bonchev–Trinajstić information content (AvgIpc) is 3.24. The molecule has 0 bridgehead atoms. The molecule has 4 aromatic rings. The number of fused-ring (bicyclic) bond motifs is 2. The molecule has 0 fully saturated rings. The number of sulfone groups is 1. The molecular weight excluding hydrogens is 498 g/mol. The summed E-state index contributed by atoms with van der Waals surface area (Å²) in [4.78, 5) is 7.50. The van der Waals surface area contributed by atoms with Gasteiger partial charge >= 0.3 is 11.9 Å². The molecule has 0 spiro atoms. The van der Waals surface area contributed by atoms with Crippen molar-refractivity contribution in [3.8, 4) is 5.75 Å². The molecule has 0 saturated heterocycles. The molecule has 0 saturated carbocycles. The third kappa shape index (κ3) is 4.42. The van der Waals surface area contributed by atoms with Crippen molar-refractivity contribution in [3.05, 3.63) is 36.4 Å². The van der Waals surface area contributed by atoms with E-state index in [9.17, 15) is 34.8 Å². The van der Waals surface area contributed by atoms with E-state index >= 15 is 0 Å². The highest BCUT2D eigenvalue weighted by Gasteiger charge is 2.47. The number of aryl methyl sites for hydroxylation is 1. The molecule has 0 radical (unpaired) electrons. The molecule has 7 nitrogen and oxygen atoms in total. The summed E-state index contributed by atoms with van der Waals surface area (Å²) in [5.41, 5.74) is -4.69. The number of benzene rings is 2. The van der Waals surface area contributed by atoms with Crippen LogP contribution in [0, 0.1) is 0 Å². The van der Waals surface area contributed by atoms with Crippen molar-refractivity contribution in [1.29, 1.82) is 0 Å². The van der Waals surface area contributed by atoms with Crippen molar-refractivity contribution in [2.75, 3.05) is 5.32 Å². The largest absolute Gasteiger partial charge is 0.573 e. The number of hydrogen-bond donors (Lipinski definition) is 1. The van der Waals surface area contributed by atoms with E-state index in [2.05, 4.69) is 20.0 Å². The maximum Gasteiger partial charge on any atom is 0.573 e. The molecule has 0 aliphatic carbocycles. The maximum absolute atomic E-state index is 12.9. The van der Waals surface area contributed by atoms with Gasteiger partial charge in [0.25, 0.3) is 9.84 Å². The van der Waals surface area contributed by atoms with Gasteiger partial charge in [-0.05, 0) is 37.3 Å². The quantitative estimate of drug-likeness (QED) is 0.352. The smallest absolute Gasteiger partial charge is 0.406 e. The summed E-state index contributed by atoms with van der Waals surface area (Å²) in [5.74, 6) is -0.246. The lowest BCUT2D eigenvalue weighted by Crippen LogP contribution is -2.23. The molecule has 15 heteroatoms. The lowest BCUT2D eigenvalue weighted by atomic mass is 10.3. The molecular formula is C18H12F6N4O3S2. The fourth-order valence-electron chi connectivity index (χ4n) is 3.08. The summed E-state index contributed by atoms with van der Waals surface area (Å²) >= 11 is 1.00. The Bertz CT molecular complexity index is 1460. The molecule has 0 aliphatic heterocycles. The first kappa shape index (κ1) is 23.1. The van der Waals surface area contributed by atoms with Crippen LogP contribution in [0.3, 0.4) is 0 Å². The van der Waals surface area contributed by atoms with Gasteiger partial charge in [-0.25, -0.2) is 18.4 Å². The minimum atomic E-state index is -5.54. The standard InChI is InChI=1S/C18H12F6N4O3S2/c1-2-28-13-6-4-10(33(29,30)18(22,23)24)8-12(13)25-15(28)27-16-26-11-5-3-9(7-14(11)32-16)31-17(19,20)21/h3-8H,2H2,1H3,(H,25,26,27). The second-order valence-electron chi connectivity index (χ2n) is 6.60. The van der Waals surface area contributed by atoms with Crippen molar-refractivity contribution in [2.45, 2.75) is 30.2 Å². The van der Waals surface area contributed by atoms with E-state index in [-0.39, 0.29) is 16.6 Å². The Morgan fingerprint density at radius 1 is 1.03 bits per heavy atom. The Kier molecular flexibility index (Phi) is 5.43. The molecule has 2 aromatic heterocycles. The van der Waals surface area contributed by atoms with Gasteiger partial charge in [0, 0.05) is 12.6 Å². The maximum atomic E-state index is 12.9. The summed E-state index contributed by atoms with van der Waals surface area (Å²) in [6.45, 7) is 2.07. The molecule has 4 rings (SSSR count). The first-order valence-corrected chi connectivity index (χ1v) is 11.3. The summed E-state index contributed by atoms with van der Waals surface area (Å²) in [7, 11) is -5.54. The van der Waals surface area contributed by atoms with Crippen LogP contribution in [0.15, 0.2) is 41.3 Å². The zero-order valence-electron chi connectivity index (χ0n) is 16.3. The highest BCUT2D eigenvalue weighted by Crippen LogP contribution is 2.35. The minimum absolute atomic E-state index is 0.00616. The average molecular weight is 510 g/mol. The Balaban J connectivity index is 1.70. The van der Waals surface area contributed by atoms with Crippen molar-refractivity contribution in [1.82, 2.24) is 14.5 Å². The van der Waals surface area contributed by atoms with Crippen LogP contribution < -0.4 is 10.1 Å². The van der Waals surface area contributed by atoms with Crippen LogP contribution in [0.4, 0.5) is 37.4 Å². The molecule has 176 valence electrons. The zero-order chi connectivity index (χ0) is 24.2. The highest BCUT2D eigenvalue weighted by molar-refractivity contribution is 7.92. The Hall–Kier alpha value is -3.07. The number of nitrogens with one attached hydrogen (secondary N) is 1. The third-order valence-corrected chi connectivity index (χ3v) is 6.88. The van der Waals surface area contributed by atoms with Crippen molar-refractivity contribution in [3.63, 3.8) is 0 Å². The SMILES string of the molecule is CCn1c(Nc2nc3ccc(OC(F)(F)F)cc3s2)nc2cc(S(=O)(=O)C(F)(F)F)ccc21. The Labute approximate surface area is 185 Å². The van der Waals surface area contributed by atoms with Gasteiger partial charge in [0.1, 0.15) is 5.75 Å². The normalized spacial score (nSPS) is 13.1. The van der Waals surface area contributed by atoms with Gasteiger partial charge in [-0.2, -0.15) is 13.2 Å². The number of ether oxygens (including phenoxy) is 1. The van der Waals surface area contributed by atoms with Gasteiger partial charge in [0.15, 0.2) is 5.13 Å². The lowest BCUT2D eigenvalue weighted by molar-refractivity contribution is -0.274. The van der Waals surface area contributed by atoms with E-state index in [4.69, 9.17) is 0 Å². The Morgan fingerprint density at radius 3 is 2.39 bits per heavy atom. The van der Waals surface area contributed by atoms with Crippen LogP contribution in [-0.2, 0) is 16.4 Å². The van der Waals surface area contributed by atoms with Crippen LogP contribution in [0.25, 0.3) is 21.3 Å². The van der Waals surface area contributed by atoms with E-state index < -0.39 is 32.4 Å². The number of aromatic nitrogens is 3. The van der Waals surface area contributed by atoms with E-state index in [1.54, 1.807) is 11.5 Å². The summed E-state index contributed by atoms with van der Waals surface area (Å²) in [6.07, 6.45) is -4.84. The molecule has 1 N–H and O–H groups in total.